The number of aromatic nitrogens is 1. The van der Waals surface area contributed by atoms with Crippen molar-refractivity contribution in [1.82, 2.24) is 4.98 Å². The predicted octanol–water partition coefficient (Wildman–Crippen LogP) is 1.77. The van der Waals surface area contributed by atoms with Gasteiger partial charge in [-0.3, -0.25) is 4.79 Å². The second-order valence-corrected chi connectivity index (χ2v) is 5.45. The van der Waals surface area contributed by atoms with E-state index in [2.05, 4.69) is 16.8 Å². The minimum Gasteiger partial charge on any atom is -0.481 e. The minimum absolute atomic E-state index is 0.000578. The number of aliphatic carboxylic acids is 1. The highest BCUT2D eigenvalue weighted by Gasteiger charge is 2.27. The third-order valence-electron chi connectivity index (χ3n) is 3.28. The fraction of sp³-hybridized carbons (Fsp3) is 0.667. The van der Waals surface area contributed by atoms with Crippen LogP contribution in [0, 0.1) is 0 Å². The maximum atomic E-state index is 10.6. The van der Waals surface area contributed by atoms with Gasteiger partial charge in [-0.1, -0.05) is 0 Å². The van der Waals surface area contributed by atoms with Crippen molar-refractivity contribution < 1.29 is 14.6 Å². The number of hydrogen-bond acceptors (Lipinski definition) is 5. The number of piperidine rings is 1. The lowest BCUT2D eigenvalue weighted by Gasteiger charge is -2.36. The average molecular weight is 270 g/mol. The highest BCUT2D eigenvalue weighted by molar-refractivity contribution is 7.13. The molecule has 1 fully saturated rings. The molecule has 0 saturated carbocycles. The van der Waals surface area contributed by atoms with Crippen molar-refractivity contribution in [2.24, 2.45) is 0 Å². The van der Waals surface area contributed by atoms with Gasteiger partial charge in [0.15, 0.2) is 5.13 Å². The molecule has 2 heterocycles. The number of nitrogens with zero attached hydrogens (tertiary/aromatic N) is 2. The largest absolute Gasteiger partial charge is 0.481 e. The third-order valence-corrected chi connectivity index (χ3v) is 4.21. The molecule has 18 heavy (non-hydrogen) atoms. The highest BCUT2D eigenvalue weighted by Crippen LogP contribution is 2.28. The molecule has 1 aromatic rings. The maximum Gasteiger partial charge on any atom is 0.309 e. The molecule has 2 rings (SSSR count). The fourth-order valence-electron chi connectivity index (χ4n) is 2.29. The number of carbonyl (C=O) groups is 1. The van der Waals surface area contributed by atoms with Gasteiger partial charge in [-0.2, -0.15) is 0 Å². The molecule has 100 valence electrons. The van der Waals surface area contributed by atoms with E-state index in [-0.39, 0.29) is 6.42 Å². The zero-order valence-corrected chi connectivity index (χ0v) is 11.4. The SMILES string of the molecule is COC1CCN(c2nc(CC(=O)O)cs2)C(C)C1. The molecule has 1 aliphatic rings. The van der Waals surface area contributed by atoms with Crippen LogP contribution < -0.4 is 4.90 Å². The lowest BCUT2D eigenvalue weighted by Crippen LogP contribution is -2.43. The Hall–Kier alpha value is -1.14. The molecule has 1 aromatic heterocycles. The molecule has 0 radical (unpaired) electrons. The van der Waals surface area contributed by atoms with Gasteiger partial charge in [0.25, 0.3) is 0 Å². The number of carboxylic acid groups (broad SMARTS) is 1. The molecule has 2 atom stereocenters. The Morgan fingerprint density at radius 3 is 3.11 bits per heavy atom. The lowest BCUT2D eigenvalue weighted by molar-refractivity contribution is -0.136. The first-order valence-electron chi connectivity index (χ1n) is 6.05. The lowest BCUT2D eigenvalue weighted by atomic mass is 10.0. The van der Waals surface area contributed by atoms with Crippen LogP contribution in [0.25, 0.3) is 0 Å². The molecule has 0 amide bonds. The standard InChI is InChI=1S/C12H18N2O3S/c1-8-5-10(17-2)3-4-14(8)12-13-9(7-18-12)6-11(15)16/h7-8,10H,3-6H2,1-2H3,(H,15,16). The fourth-order valence-corrected chi connectivity index (χ4v) is 3.25. The van der Waals surface area contributed by atoms with Gasteiger partial charge in [-0.05, 0) is 19.8 Å². The number of rotatable bonds is 4. The van der Waals surface area contributed by atoms with Crippen LogP contribution in [0.2, 0.25) is 0 Å². The number of methoxy groups -OCH3 is 1. The summed E-state index contributed by atoms with van der Waals surface area (Å²) in [5.41, 5.74) is 0.642. The quantitative estimate of drug-likeness (QED) is 0.903. The van der Waals surface area contributed by atoms with Crippen LogP contribution in [0.5, 0.6) is 0 Å². The first kappa shape index (κ1) is 13.3. The van der Waals surface area contributed by atoms with E-state index in [0.717, 1.165) is 24.5 Å². The normalized spacial score (nSPS) is 24.2. The van der Waals surface area contributed by atoms with Crippen LogP contribution in [-0.4, -0.2) is 41.9 Å². The van der Waals surface area contributed by atoms with Gasteiger partial charge in [0.05, 0.1) is 18.2 Å². The Morgan fingerprint density at radius 1 is 1.72 bits per heavy atom. The summed E-state index contributed by atoms with van der Waals surface area (Å²) in [5.74, 6) is -0.835. The summed E-state index contributed by atoms with van der Waals surface area (Å²) in [6.45, 7) is 3.07. The van der Waals surface area contributed by atoms with Crippen LogP contribution in [0.1, 0.15) is 25.5 Å². The smallest absolute Gasteiger partial charge is 0.309 e. The van der Waals surface area contributed by atoms with Crippen LogP contribution >= 0.6 is 11.3 Å². The Balaban J connectivity index is 2.03. The van der Waals surface area contributed by atoms with E-state index in [1.807, 2.05) is 5.38 Å². The summed E-state index contributed by atoms with van der Waals surface area (Å²) in [6, 6.07) is 0.382. The van der Waals surface area contributed by atoms with Gasteiger partial charge in [0.2, 0.25) is 0 Å². The van der Waals surface area contributed by atoms with Crippen LogP contribution in [0.15, 0.2) is 5.38 Å². The van der Waals surface area contributed by atoms with E-state index >= 15 is 0 Å². The molecule has 0 spiro atoms. The molecule has 2 unspecified atom stereocenters. The van der Waals surface area contributed by atoms with E-state index in [4.69, 9.17) is 9.84 Å². The zero-order valence-electron chi connectivity index (χ0n) is 10.6. The molecular weight excluding hydrogens is 252 g/mol. The molecule has 0 aromatic carbocycles. The summed E-state index contributed by atoms with van der Waals surface area (Å²) in [4.78, 5) is 17.3. The van der Waals surface area contributed by atoms with Crippen molar-refractivity contribution in [3.05, 3.63) is 11.1 Å². The van der Waals surface area contributed by atoms with Gasteiger partial charge in [-0.15, -0.1) is 11.3 Å². The molecule has 6 heteroatoms. The van der Waals surface area contributed by atoms with Gasteiger partial charge in [-0.25, -0.2) is 4.98 Å². The molecule has 1 saturated heterocycles. The first-order chi connectivity index (χ1) is 8.60. The summed E-state index contributed by atoms with van der Waals surface area (Å²) in [7, 11) is 1.75. The number of hydrogen-bond donors (Lipinski definition) is 1. The second kappa shape index (κ2) is 5.67. The van der Waals surface area contributed by atoms with Crippen LogP contribution in [0.4, 0.5) is 5.13 Å². The van der Waals surface area contributed by atoms with Crippen LogP contribution in [-0.2, 0) is 16.0 Å². The molecule has 0 bridgehead atoms. The van der Waals surface area contributed by atoms with Crippen molar-refractivity contribution in [3.8, 4) is 0 Å². The summed E-state index contributed by atoms with van der Waals surface area (Å²) in [5, 5.41) is 11.5. The van der Waals surface area contributed by atoms with Crippen LogP contribution in [0.3, 0.4) is 0 Å². The van der Waals surface area contributed by atoms with E-state index in [9.17, 15) is 4.79 Å². The molecule has 5 nitrogen and oxygen atoms in total. The Morgan fingerprint density at radius 2 is 2.50 bits per heavy atom. The van der Waals surface area contributed by atoms with Crippen molar-refractivity contribution in [2.75, 3.05) is 18.6 Å². The molecule has 1 N–H and O–H groups in total. The van der Waals surface area contributed by atoms with Crippen molar-refractivity contribution in [3.63, 3.8) is 0 Å². The van der Waals surface area contributed by atoms with Crippen molar-refractivity contribution >= 4 is 22.4 Å². The van der Waals surface area contributed by atoms with Gasteiger partial charge < -0.3 is 14.7 Å². The molecular formula is C12H18N2O3S. The van der Waals surface area contributed by atoms with Crippen molar-refractivity contribution in [1.29, 1.82) is 0 Å². The van der Waals surface area contributed by atoms with Gasteiger partial charge in [0, 0.05) is 25.1 Å². The molecule has 0 aliphatic carbocycles. The summed E-state index contributed by atoms with van der Waals surface area (Å²) >= 11 is 1.52. The highest BCUT2D eigenvalue weighted by atomic mass is 32.1. The van der Waals surface area contributed by atoms with Gasteiger partial charge in [0.1, 0.15) is 0 Å². The Bertz CT molecular complexity index is 421. The minimum atomic E-state index is -0.835. The second-order valence-electron chi connectivity index (χ2n) is 4.62. The van der Waals surface area contributed by atoms with E-state index in [0.29, 0.717) is 17.8 Å². The number of ether oxygens (including phenoxy) is 1. The maximum absolute atomic E-state index is 10.6. The predicted molar refractivity (Wildman–Crippen MR) is 70.3 cm³/mol. The number of carboxylic acids is 1. The van der Waals surface area contributed by atoms with E-state index in [1.54, 1.807) is 7.11 Å². The summed E-state index contributed by atoms with van der Waals surface area (Å²) < 4.78 is 5.38. The first-order valence-corrected chi connectivity index (χ1v) is 6.93. The third kappa shape index (κ3) is 3.00. The monoisotopic (exact) mass is 270 g/mol. The summed E-state index contributed by atoms with van der Waals surface area (Å²) in [6.07, 6.45) is 2.31. The van der Waals surface area contributed by atoms with E-state index in [1.165, 1.54) is 11.3 Å². The van der Waals surface area contributed by atoms with Gasteiger partial charge >= 0.3 is 5.97 Å². The topological polar surface area (TPSA) is 62.7 Å². The van der Waals surface area contributed by atoms with Crippen molar-refractivity contribution in [2.45, 2.75) is 38.3 Å². The molecule has 1 aliphatic heterocycles. The zero-order chi connectivity index (χ0) is 13.1. The van der Waals surface area contributed by atoms with E-state index < -0.39 is 5.97 Å². The Kier molecular flexibility index (Phi) is 4.19. The average Bonchev–Trinajstić information content (AvgIpc) is 2.76. The number of thiazole rings is 1. The Labute approximate surface area is 110 Å². The number of anilines is 1.